The van der Waals surface area contributed by atoms with E-state index in [1.165, 1.54) is 12.1 Å². The number of nitrogens with zero attached hydrogens (tertiary/aromatic N) is 2. The summed E-state index contributed by atoms with van der Waals surface area (Å²) in [6, 6.07) is 7.72. The molecule has 2 N–H and O–H groups in total. The van der Waals surface area contributed by atoms with Gasteiger partial charge in [-0.3, -0.25) is 15.1 Å². The Morgan fingerprint density at radius 3 is 2.85 bits per heavy atom. The Morgan fingerprint density at radius 2 is 2.15 bits per heavy atom. The number of nitro benzene ring substituents is 1. The molecule has 0 aliphatic carbocycles. The average Bonchev–Trinajstić information content (AvgIpc) is 2.41. The second-order valence-corrected chi connectivity index (χ2v) is 5.05. The van der Waals surface area contributed by atoms with Gasteiger partial charge in [-0.2, -0.15) is 0 Å². The van der Waals surface area contributed by atoms with Gasteiger partial charge >= 0.3 is 0 Å². The van der Waals surface area contributed by atoms with Gasteiger partial charge < -0.3 is 10.4 Å². The monoisotopic (exact) mass is 337 g/mol. The first kappa shape index (κ1) is 14.3. The molecule has 2 rings (SSSR count). The van der Waals surface area contributed by atoms with Crippen LogP contribution in [0.25, 0.3) is 0 Å². The van der Waals surface area contributed by atoms with Crippen molar-refractivity contribution >= 4 is 27.3 Å². The van der Waals surface area contributed by atoms with Crippen LogP contribution >= 0.6 is 15.9 Å². The summed E-state index contributed by atoms with van der Waals surface area (Å²) in [5.74, 6) is 0.0876. The largest absolute Gasteiger partial charge is 0.506 e. The zero-order valence-corrected chi connectivity index (χ0v) is 12.2. The predicted octanol–water partition coefficient (Wildman–Crippen LogP) is 3.38. The molecular formula is C13H12BrN3O3. The zero-order chi connectivity index (χ0) is 14.7. The number of anilines is 1. The van der Waals surface area contributed by atoms with Crippen molar-refractivity contribution in [2.24, 2.45) is 0 Å². The molecule has 1 aromatic heterocycles. The van der Waals surface area contributed by atoms with Gasteiger partial charge in [0.05, 0.1) is 17.2 Å². The van der Waals surface area contributed by atoms with Gasteiger partial charge in [-0.25, -0.2) is 0 Å². The molecule has 0 radical (unpaired) electrons. The maximum absolute atomic E-state index is 10.7. The molecule has 0 fully saturated rings. The molecule has 0 saturated heterocycles. The number of rotatable bonds is 4. The number of aromatic nitrogens is 1. The van der Waals surface area contributed by atoms with Crippen molar-refractivity contribution in [3.05, 3.63) is 56.3 Å². The Kier molecular flexibility index (Phi) is 4.19. The van der Waals surface area contributed by atoms with Crippen LogP contribution in [0.2, 0.25) is 0 Å². The molecule has 0 unspecified atom stereocenters. The summed E-state index contributed by atoms with van der Waals surface area (Å²) < 4.78 is 0.704. The molecule has 2 aromatic rings. The highest BCUT2D eigenvalue weighted by molar-refractivity contribution is 9.10. The number of aryl methyl sites for hydroxylation is 1. The van der Waals surface area contributed by atoms with E-state index in [-0.39, 0.29) is 18.0 Å². The molecule has 0 amide bonds. The fraction of sp³-hybridized carbons (Fsp3) is 0.154. The summed E-state index contributed by atoms with van der Waals surface area (Å²) in [5, 5.41) is 23.5. The lowest BCUT2D eigenvalue weighted by molar-refractivity contribution is -0.384. The zero-order valence-electron chi connectivity index (χ0n) is 10.6. The first-order valence-corrected chi connectivity index (χ1v) is 6.60. The quantitative estimate of drug-likeness (QED) is 0.659. The summed E-state index contributed by atoms with van der Waals surface area (Å²) in [7, 11) is 0. The number of benzene rings is 1. The Hall–Kier alpha value is -2.15. The molecule has 20 heavy (non-hydrogen) atoms. The number of nitro groups is 1. The molecule has 1 aromatic carbocycles. The number of halogens is 1. The van der Waals surface area contributed by atoms with Crippen molar-refractivity contribution < 1.29 is 10.0 Å². The molecule has 7 heteroatoms. The van der Waals surface area contributed by atoms with Gasteiger partial charge in [0.2, 0.25) is 0 Å². The van der Waals surface area contributed by atoms with Crippen LogP contribution < -0.4 is 5.32 Å². The molecule has 104 valence electrons. The van der Waals surface area contributed by atoms with Crippen LogP contribution in [0.15, 0.2) is 34.8 Å². The molecule has 0 atom stereocenters. The molecule has 0 saturated carbocycles. The van der Waals surface area contributed by atoms with Crippen molar-refractivity contribution in [3.63, 3.8) is 0 Å². The molecule has 0 aliphatic rings. The maximum Gasteiger partial charge on any atom is 0.271 e. The van der Waals surface area contributed by atoms with Gasteiger partial charge in [0.25, 0.3) is 5.69 Å². The van der Waals surface area contributed by atoms with E-state index in [0.29, 0.717) is 15.9 Å². The van der Waals surface area contributed by atoms with E-state index in [4.69, 9.17) is 0 Å². The predicted molar refractivity (Wildman–Crippen MR) is 78.8 cm³/mol. The molecular weight excluding hydrogens is 326 g/mol. The van der Waals surface area contributed by atoms with Crippen molar-refractivity contribution in [2.75, 3.05) is 5.32 Å². The van der Waals surface area contributed by atoms with E-state index in [1.807, 2.05) is 6.92 Å². The normalized spacial score (nSPS) is 10.3. The number of aromatic hydroxyl groups is 1. The first-order valence-electron chi connectivity index (χ1n) is 5.80. The fourth-order valence-electron chi connectivity index (χ4n) is 1.67. The van der Waals surface area contributed by atoms with Crippen molar-refractivity contribution in [1.29, 1.82) is 0 Å². The van der Waals surface area contributed by atoms with Gasteiger partial charge in [-0.1, -0.05) is 0 Å². The molecule has 0 bridgehead atoms. The molecule has 0 aliphatic heterocycles. The van der Waals surface area contributed by atoms with Crippen LogP contribution in [0.3, 0.4) is 0 Å². The Labute approximate surface area is 123 Å². The van der Waals surface area contributed by atoms with Crippen molar-refractivity contribution in [1.82, 2.24) is 4.98 Å². The third-order valence-electron chi connectivity index (χ3n) is 2.70. The Morgan fingerprint density at radius 1 is 1.40 bits per heavy atom. The number of nitrogens with one attached hydrogen (secondary N) is 1. The maximum atomic E-state index is 10.7. The van der Waals surface area contributed by atoms with Crippen LogP contribution in [0.1, 0.15) is 11.4 Å². The van der Waals surface area contributed by atoms with Crippen LogP contribution in [-0.4, -0.2) is 15.0 Å². The van der Waals surface area contributed by atoms with Gasteiger partial charge in [-0.05, 0) is 41.1 Å². The van der Waals surface area contributed by atoms with E-state index in [2.05, 4.69) is 26.2 Å². The van der Waals surface area contributed by atoms with E-state index >= 15 is 0 Å². The minimum Gasteiger partial charge on any atom is -0.506 e. The highest BCUT2D eigenvalue weighted by atomic mass is 79.9. The van der Waals surface area contributed by atoms with Crippen molar-refractivity contribution in [3.8, 4) is 5.75 Å². The van der Waals surface area contributed by atoms with E-state index in [0.717, 1.165) is 5.69 Å². The lowest BCUT2D eigenvalue weighted by Crippen LogP contribution is -2.04. The summed E-state index contributed by atoms with van der Waals surface area (Å²) in [4.78, 5) is 14.5. The third-order valence-corrected chi connectivity index (χ3v) is 3.39. The molecule has 1 heterocycles. The Bertz CT molecular complexity index is 661. The van der Waals surface area contributed by atoms with Crippen LogP contribution in [0.5, 0.6) is 5.75 Å². The van der Waals surface area contributed by atoms with Gasteiger partial charge in [-0.15, -0.1) is 0 Å². The number of pyridine rings is 1. The minimum atomic E-state index is -0.458. The summed E-state index contributed by atoms with van der Waals surface area (Å²) >= 11 is 3.32. The summed E-state index contributed by atoms with van der Waals surface area (Å²) in [5.41, 5.74) is 1.85. The Balaban J connectivity index is 2.20. The lowest BCUT2D eigenvalue weighted by atomic mass is 10.2. The third kappa shape index (κ3) is 3.24. The van der Waals surface area contributed by atoms with Gasteiger partial charge in [0, 0.05) is 22.3 Å². The van der Waals surface area contributed by atoms with Crippen LogP contribution in [0.4, 0.5) is 11.4 Å². The first-order chi connectivity index (χ1) is 9.47. The minimum absolute atomic E-state index is 0.00266. The average molecular weight is 338 g/mol. The van der Waals surface area contributed by atoms with Crippen molar-refractivity contribution in [2.45, 2.75) is 13.5 Å². The van der Waals surface area contributed by atoms with Gasteiger partial charge in [0.15, 0.2) is 0 Å². The fourth-order valence-corrected chi connectivity index (χ4v) is 2.06. The standard InChI is InChI=1S/C13H12BrN3O3/c1-8-2-5-13(18)12(16-8)7-15-11-6-9(17(19)20)3-4-10(11)14/h2-6,15,18H,7H2,1H3. The highest BCUT2D eigenvalue weighted by Crippen LogP contribution is 2.28. The molecule has 6 nitrogen and oxygen atoms in total. The lowest BCUT2D eigenvalue weighted by Gasteiger charge is -2.09. The number of hydrogen-bond acceptors (Lipinski definition) is 5. The topological polar surface area (TPSA) is 88.3 Å². The molecule has 0 spiro atoms. The second-order valence-electron chi connectivity index (χ2n) is 4.19. The number of hydrogen-bond donors (Lipinski definition) is 2. The van der Waals surface area contributed by atoms with E-state index in [1.54, 1.807) is 18.2 Å². The summed E-state index contributed by atoms with van der Waals surface area (Å²) in [6.45, 7) is 2.10. The SMILES string of the molecule is Cc1ccc(O)c(CNc2cc([N+](=O)[O-])ccc2Br)n1. The smallest absolute Gasteiger partial charge is 0.271 e. The van der Waals surface area contributed by atoms with Crippen LogP contribution in [0, 0.1) is 17.0 Å². The van der Waals surface area contributed by atoms with E-state index in [9.17, 15) is 15.2 Å². The van der Waals surface area contributed by atoms with E-state index < -0.39 is 4.92 Å². The van der Waals surface area contributed by atoms with Gasteiger partial charge in [0.1, 0.15) is 11.4 Å². The van der Waals surface area contributed by atoms with Crippen LogP contribution in [-0.2, 0) is 6.54 Å². The summed E-state index contributed by atoms with van der Waals surface area (Å²) in [6.07, 6.45) is 0. The second kappa shape index (κ2) is 5.87. The number of non-ortho nitro benzene ring substituents is 1. The highest BCUT2D eigenvalue weighted by Gasteiger charge is 2.10.